The predicted molar refractivity (Wildman–Crippen MR) is 113 cm³/mol. The fourth-order valence-electron chi connectivity index (χ4n) is 2.85. The summed E-state index contributed by atoms with van der Waals surface area (Å²) in [4.78, 5) is 4.68. The van der Waals surface area contributed by atoms with Crippen molar-refractivity contribution in [2.75, 3.05) is 7.11 Å². The van der Waals surface area contributed by atoms with Gasteiger partial charge in [-0.15, -0.1) is 11.3 Å². The minimum Gasteiger partial charge on any atom is -0.497 e. The number of ether oxygens (including phenoxy) is 1. The topological polar surface area (TPSA) is 45.9 Å². The van der Waals surface area contributed by atoms with E-state index in [0.717, 1.165) is 34.0 Å². The summed E-state index contributed by atoms with van der Waals surface area (Å²) in [5.41, 5.74) is 4.78. The Balaban J connectivity index is 1.85. The number of nitrogens with zero attached hydrogens (tertiary/aromatic N) is 2. The van der Waals surface area contributed by atoms with Gasteiger partial charge in [-0.1, -0.05) is 50.2 Å². The summed E-state index contributed by atoms with van der Waals surface area (Å²) in [5.74, 6) is 1.41. The van der Waals surface area contributed by atoms with E-state index >= 15 is 0 Å². The maximum Gasteiger partial charge on any atom is 0.134 e. The highest BCUT2D eigenvalue weighted by Gasteiger charge is 2.10. The van der Waals surface area contributed by atoms with Gasteiger partial charge in [-0.05, 0) is 41.7 Å². The first-order chi connectivity index (χ1) is 13.1. The second-order valence-electron chi connectivity index (χ2n) is 6.78. The van der Waals surface area contributed by atoms with Gasteiger partial charge >= 0.3 is 0 Å². The second kappa shape index (κ2) is 8.66. The van der Waals surface area contributed by atoms with Crippen molar-refractivity contribution < 1.29 is 4.74 Å². The Labute approximate surface area is 164 Å². The van der Waals surface area contributed by atoms with Crippen LogP contribution in [0.5, 0.6) is 5.75 Å². The maximum atomic E-state index is 9.58. The third-order valence-corrected chi connectivity index (χ3v) is 5.03. The summed E-state index contributed by atoms with van der Waals surface area (Å²) < 4.78 is 5.25. The van der Waals surface area contributed by atoms with E-state index in [-0.39, 0.29) is 0 Å². The minimum atomic E-state index is 0.552. The van der Waals surface area contributed by atoms with Crippen LogP contribution < -0.4 is 4.74 Å². The van der Waals surface area contributed by atoms with E-state index in [1.54, 1.807) is 7.11 Å². The highest BCUT2D eigenvalue weighted by molar-refractivity contribution is 7.11. The molecule has 1 aromatic heterocycles. The molecule has 3 aromatic rings. The molecule has 0 amide bonds. The van der Waals surface area contributed by atoms with Crippen molar-refractivity contribution >= 4 is 23.0 Å². The molecule has 0 saturated heterocycles. The van der Waals surface area contributed by atoms with Gasteiger partial charge in [-0.25, -0.2) is 4.98 Å². The third kappa shape index (κ3) is 4.84. The summed E-state index contributed by atoms with van der Waals surface area (Å²) in [7, 11) is 1.63. The lowest BCUT2D eigenvalue weighted by atomic mass is 10.0. The number of aromatic nitrogens is 1. The average molecular weight is 375 g/mol. The Bertz CT molecular complexity index is 978. The molecular formula is C23H22N2OS. The standard InChI is InChI=1S/C23H22N2OS/c1-16(2)11-17-7-9-19(10-8-17)22-15-27-23(25-22)20(14-24)12-18-5-4-6-21(13-18)26-3/h4-10,12-13,15-16H,11H2,1-3H3/b20-12+. The van der Waals surface area contributed by atoms with E-state index in [1.165, 1.54) is 16.9 Å². The van der Waals surface area contributed by atoms with Crippen molar-refractivity contribution in [1.29, 1.82) is 5.26 Å². The van der Waals surface area contributed by atoms with Gasteiger partial charge < -0.3 is 4.74 Å². The van der Waals surface area contributed by atoms with Crippen LogP contribution in [0.1, 0.15) is 30.0 Å². The molecule has 0 spiro atoms. The lowest BCUT2D eigenvalue weighted by Gasteiger charge is -2.05. The van der Waals surface area contributed by atoms with E-state index in [0.29, 0.717) is 11.5 Å². The van der Waals surface area contributed by atoms with Crippen LogP contribution in [0.15, 0.2) is 53.9 Å². The first-order valence-corrected chi connectivity index (χ1v) is 9.78. The number of hydrogen-bond acceptors (Lipinski definition) is 4. The SMILES string of the molecule is COc1cccc(/C=C(\C#N)c2nc(-c3ccc(CC(C)C)cc3)cs2)c1. The van der Waals surface area contributed by atoms with Gasteiger partial charge in [-0.3, -0.25) is 0 Å². The molecule has 3 nitrogen and oxygen atoms in total. The van der Waals surface area contributed by atoms with Crippen LogP contribution >= 0.6 is 11.3 Å². The van der Waals surface area contributed by atoms with Crippen molar-refractivity contribution in [1.82, 2.24) is 4.98 Å². The highest BCUT2D eigenvalue weighted by atomic mass is 32.1. The number of benzene rings is 2. The number of allylic oxidation sites excluding steroid dienone is 1. The van der Waals surface area contributed by atoms with Crippen LogP contribution in [0.3, 0.4) is 0 Å². The second-order valence-corrected chi connectivity index (χ2v) is 7.64. The Hall–Kier alpha value is -2.90. The first kappa shape index (κ1) is 18.9. The van der Waals surface area contributed by atoms with Crippen molar-refractivity contribution in [3.63, 3.8) is 0 Å². The monoisotopic (exact) mass is 374 g/mol. The fraction of sp³-hybridized carbons (Fsp3) is 0.217. The maximum absolute atomic E-state index is 9.58. The Morgan fingerprint density at radius 1 is 1.22 bits per heavy atom. The normalized spacial score (nSPS) is 11.4. The average Bonchev–Trinajstić information content (AvgIpc) is 3.16. The molecule has 0 unspecified atom stereocenters. The Morgan fingerprint density at radius 2 is 2.00 bits per heavy atom. The van der Waals surface area contributed by atoms with Crippen LogP contribution in [-0.4, -0.2) is 12.1 Å². The van der Waals surface area contributed by atoms with Crippen molar-refractivity contribution in [2.24, 2.45) is 5.92 Å². The van der Waals surface area contributed by atoms with E-state index in [9.17, 15) is 5.26 Å². The van der Waals surface area contributed by atoms with Gasteiger partial charge in [-0.2, -0.15) is 5.26 Å². The lowest BCUT2D eigenvalue weighted by Crippen LogP contribution is -1.93. The van der Waals surface area contributed by atoms with Crippen molar-refractivity contribution in [2.45, 2.75) is 20.3 Å². The van der Waals surface area contributed by atoms with Gasteiger partial charge in [0.15, 0.2) is 0 Å². The van der Waals surface area contributed by atoms with E-state index in [2.05, 4.69) is 49.2 Å². The number of thiazole rings is 1. The summed E-state index contributed by atoms with van der Waals surface area (Å²) >= 11 is 1.49. The Kier molecular flexibility index (Phi) is 6.05. The van der Waals surface area contributed by atoms with E-state index in [4.69, 9.17) is 4.74 Å². The zero-order valence-electron chi connectivity index (χ0n) is 15.8. The van der Waals surface area contributed by atoms with Crippen molar-refractivity contribution in [3.05, 3.63) is 70.0 Å². The van der Waals surface area contributed by atoms with Crippen LogP contribution in [-0.2, 0) is 6.42 Å². The molecule has 0 aliphatic heterocycles. The number of nitriles is 1. The number of hydrogen-bond donors (Lipinski definition) is 0. The molecule has 0 aliphatic rings. The summed E-state index contributed by atoms with van der Waals surface area (Å²) in [6.07, 6.45) is 2.92. The molecule has 0 saturated carbocycles. The van der Waals surface area contributed by atoms with Gasteiger partial charge in [0, 0.05) is 10.9 Å². The molecule has 136 valence electrons. The summed E-state index contributed by atoms with van der Waals surface area (Å²) in [6, 6.07) is 18.4. The van der Waals surface area contributed by atoms with Gasteiger partial charge in [0.05, 0.1) is 18.4 Å². The molecule has 0 atom stereocenters. The van der Waals surface area contributed by atoms with Gasteiger partial charge in [0.25, 0.3) is 0 Å². The van der Waals surface area contributed by atoms with Gasteiger partial charge in [0.2, 0.25) is 0 Å². The molecule has 27 heavy (non-hydrogen) atoms. The number of rotatable bonds is 6. The molecule has 0 radical (unpaired) electrons. The summed E-state index contributed by atoms with van der Waals surface area (Å²) in [6.45, 7) is 4.44. The summed E-state index contributed by atoms with van der Waals surface area (Å²) in [5, 5.41) is 12.3. The predicted octanol–water partition coefficient (Wildman–Crippen LogP) is 6.08. The van der Waals surface area contributed by atoms with Crippen LogP contribution in [0, 0.1) is 17.2 Å². The highest BCUT2D eigenvalue weighted by Crippen LogP contribution is 2.28. The van der Waals surface area contributed by atoms with Crippen LogP contribution in [0.4, 0.5) is 0 Å². The zero-order valence-corrected chi connectivity index (χ0v) is 16.6. The van der Waals surface area contributed by atoms with E-state index in [1.807, 2.05) is 35.7 Å². The molecule has 0 fully saturated rings. The Morgan fingerprint density at radius 3 is 2.67 bits per heavy atom. The smallest absolute Gasteiger partial charge is 0.134 e. The molecule has 0 bridgehead atoms. The molecule has 3 rings (SSSR count). The molecule has 1 heterocycles. The number of methoxy groups -OCH3 is 1. The molecule has 2 aromatic carbocycles. The molecule has 4 heteroatoms. The molecule has 0 aliphatic carbocycles. The molecule has 0 N–H and O–H groups in total. The van der Waals surface area contributed by atoms with Gasteiger partial charge in [0.1, 0.15) is 16.8 Å². The fourth-order valence-corrected chi connectivity index (χ4v) is 3.65. The van der Waals surface area contributed by atoms with Crippen LogP contribution in [0.25, 0.3) is 22.9 Å². The minimum absolute atomic E-state index is 0.552. The molecular weight excluding hydrogens is 352 g/mol. The van der Waals surface area contributed by atoms with Crippen LogP contribution in [0.2, 0.25) is 0 Å². The zero-order chi connectivity index (χ0) is 19.2. The first-order valence-electron chi connectivity index (χ1n) is 8.90. The van der Waals surface area contributed by atoms with Crippen molar-refractivity contribution in [3.8, 4) is 23.1 Å². The largest absolute Gasteiger partial charge is 0.497 e. The van der Waals surface area contributed by atoms with E-state index < -0.39 is 0 Å². The quantitative estimate of drug-likeness (QED) is 0.491. The lowest BCUT2D eigenvalue weighted by molar-refractivity contribution is 0.414. The third-order valence-electron chi connectivity index (χ3n) is 4.15.